The van der Waals surface area contributed by atoms with E-state index in [1.807, 2.05) is 0 Å². The number of nitrogens with zero attached hydrogens (tertiary/aromatic N) is 2. The number of hydrogen-bond acceptors (Lipinski definition) is 8. The molecule has 0 atom stereocenters. The van der Waals surface area contributed by atoms with Crippen molar-refractivity contribution in [3.05, 3.63) is 22.7 Å². The first-order valence-corrected chi connectivity index (χ1v) is 8.39. The van der Waals surface area contributed by atoms with Crippen molar-refractivity contribution >= 4 is 33.1 Å². The van der Waals surface area contributed by atoms with Crippen LogP contribution in [0.15, 0.2) is 12.1 Å². The van der Waals surface area contributed by atoms with E-state index in [4.69, 9.17) is 25.7 Å². The van der Waals surface area contributed by atoms with Crippen LogP contribution in [0.3, 0.4) is 0 Å². The average molecular weight is 374 g/mol. The zero-order chi connectivity index (χ0) is 19.0. The van der Waals surface area contributed by atoms with Crippen LogP contribution in [0.5, 0.6) is 17.2 Å². The summed E-state index contributed by atoms with van der Waals surface area (Å²) in [6.45, 7) is 1.80. The number of aromatic nitrogens is 2. The predicted molar refractivity (Wildman–Crippen MR) is 100 cm³/mol. The lowest BCUT2D eigenvalue weighted by atomic mass is 10.1. The van der Waals surface area contributed by atoms with Gasteiger partial charge in [0.05, 0.1) is 38.1 Å². The lowest BCUT2D eigenvalue weighted by molar-refractivity contribution is 0.100. The summed E-state index contributed by atoms with van der Waals surface area (Å²) in [5.74, 6) is 1.33. The number of nitrogen functional groups attached to an aromatic ring is 1. The lowest BCUT2D eigenvalue weighted by Gasteiger charge is -2.14. The minimum atomic E-state index is -0.584. The molecule has 0 aliphatic heterocycles. The van der Waals surface area contributed by atoms with Gasteiger partial charge < -0.3 is 25.7 Å². The van der Waals surface area contributed by atoms with Crippen LogP contribution in [0.1, 0.15) is 15.4 Å². The number of methoxy groups -OCH3 is 3. The van der Waals surface area contributed by atoms with E-state index in [9.17, 15) is 4.79 Å². The van der Waals surface area contributed by atoms with Crippen LogP contribution in [-0.2, 0) is 0 Å². The monoisotopic (exact) mass is 374 g/mol. The number of carbonyl (C=O) groups is 1. The second-order valence-electron chi connectivity index (χ2n) is 5.44. The molecular formula is C17H18N4O4S. The van der Waals surface area contributed by atoms with Gasteiger partial charge in [-0.25, -0.2) is 9.97 Å². The van der Waals surface area contributed by atoms with Crippen molar-refractivity contribution in [2.75, 3.05) is 27.1 Å². The number of ether oxygens (including phenoxy) is 3. The molecule has 0 saturated carbocycles. The third-order valence-electron chi connectivity index (χ3n) is 3.92. The Morgan fingerprint density at radius 3 is 2.19 bits per heavy atom. The molecule has 0 aliphatic rings. The molecular weight excluding hydrogens is 356 g/mol. The Balaban J connectivity index is 2.24. The fourth-order valence-electron chi connectivity index (χ4n) is 2.72. The van der Waals surface area contributed by atoms with Crippen molar-refractivity contribution in [2.24, 2.45) is 5.73 Å². The number of primary amides is 1. The Kier molecular flexibility index (Phi) is 4.56. The van der Waals surface area contributed by atoms with Gasteiger partial charge in [-0.05, 0) is 19.1 Å². The van der Waals surface area contributed by atoms with Crippen molar-refractivity contribution in [3.8, 4) is 28.6 Å². The fourth-order valence-corrected chi connectivity index (χ4v) is 3.72. The molecule has 3 rings (SSSR count). The Morgan fingerprint density at radius 2 is 1.69 bits per heavy atom. The number of thiophene rings is 1. The Labute approximate surface area is 153 Å². The number of carbonyl (C=O) groups excluding carboxylic acids is 1. The summed E-state index contributed by atoms with van der Waals surface area (Å²) in [5, 5.41) is 0.639. The largest absolute Gasteiger partial charge is 0.493 e. The molecule has 9 heteroatoms. The van der Waals surface area contributed by atoms with Crippen LogP contribution in [0, 0.1) is 6.92 Å². The van der Waals surface area contributed by atoms with E-state index >= 15 is 0 Å². The van der Waals surface area contributed by atoms with Crippen molar-refractivity contribution < 1.29 is 19.0 Å². The molecule has 2 heterocycles. The summed E-state index contributed by atoms with van der Waals surface area (Å²) in [6, 6.07) is 3.52. The molecule has 0 fully saturated rings. The molecule has 4 N–H and O–H groups in total. The highest BCUT2D eigenvalue weighted by Crippen LogP contribution is 2.41. The molecule has 0 unspecified atom stereocenters. The van der Waals surface area contributed by atoms with E-state index in [0.29, 0.717) is 50.2 Å². The molecule has 0 radical (unpaired) electrons. The van der Waals surface area contributed by atoms with Crippen molar-refractivity contribution in [3.63, 3.8) is 0 Å². The van der Waals surface area contributed by atoms with Crippen LogP contribution in [0.2, 0.25) is 0 Å². The van der Waals surface area contributed by atoms with Crippen molar-refractivity contribution in [1.82, 2.24) is 9.97 Å². The van der Waals surface area contributed by atoms with E-state index in [1.54, 1.807) is 19.1 Å². The molecule has 0 bridgehead atoms. The first kappa shape index (κ1) is 17.7. The molecule has 1 amide bonds. The van der Waals surface area contributed by atoms with Gasteiger partial charge in [0, 0.05) is 5.56 Å². The maximum Gasteiger partial charge on any atom is 0.260 e. The van der Waals surface area contributed by atoms with Gasteiger partial charge in [0.15, 0.2) is 17.3 Å². The Morgan fingerprint density at radius 1 is 1.08 bits per heavy atom. The molecule has 0 saturated heterocycles. The lowest BCUT2D eigenvalue weighted by Crippen LogP contribution is -2.10. The number of aryl methyl sites for hydroxylation is 1. The van der Waals surface area contributed by atoms with E-state index in [0.717, 1.165) is 11.3 Å². The maximum absolute atomic E-state index is 11.6. The highest BCUT2D eigenvalue weighted by molar-refractivity contribution is 7.21. The molecule has 3 aromatic rings. The summed E-state index contributed by atoms with van der Waals surface area (Å²) in [4.78, 5) is 21.5. The Hall–Kier alpha value is -3.07. The van der Waals surface area contributed by atoms with Crippen LogP contribution in [0.25, 0.3) is 21.6 Å². The third kappa shape index (κ3) is 2.76. The molecule has 0 spiro atoms. The van der Waals surface area contributed by atoms with E-state index in [1.165, 1.54) is 21.3 Å². The highest BCUT2D eigenvalue weighted by Gasteiger charge is 2.20. The molecule has 136 valence electrons. The number of benzene rings is 1. The fraction of sp³-hybridized carbons (Fsp3) is 0.235. The zero-order valence-corrected chi connectivity index (χ0v) is 15.6. The zero-order valence-electron chi connectivity index (χ0n) is 14.7. The minimum Gasteiger partial charge on any atom is -0.493 e. The molecule has 0 aliphatic carbocycles. The third-order valence-corrected chi connectivity index (χ3v) is 5.03. The first-order chi connectivity index (χ1) is 12.4. The van der Waals surface area contributed by atoms with Crippen molar-refractivity contribution in [1.29, 1.82) is 0 Å². The molecule has 2 aromatic heterocycles. The second kappa shape index (κ2) is 6.68. The Bertz CT molecular complexity index is 991. The van der Waals surface area contributed by atoms with Crippen LogP contribution >= 0.6 is 11.3 Å². The SMILES string of the molecule is COc1cc(-c2nc(C)c3c(N)c(C(N)=O)sc3n2)cc(OC)c1OC. The van der Waals surface area contributed by atoms with Gasteiger partial charge in [-0.1, -0.05) is 0 Å². The van der Waals surface area contributed by atoms with Crippen LogP contribution < -0.4 is 25.7 Å². The topological polar surface area (TPSA) is 123 Å². The smallest absolute Gasteiger partial charge is 0.260 e. The van der Waals surface area contributed by atoms with Gasteiger partial charge in [-0.3, -0.25) is 4.79 Å². The summed E-state index contributed by atoms with van der Waals surface area (Å²) < 4.78 is 16.1. The highest BCUT2D eigenvalue weighted by atomic mass is 32.1. The standard InChI is InChI=1S/C17H18N4O4S/c1-7-11-12(18)14(15(19)22)26-17(11)21-16(20-7)8-5-9(23-2)13(25-4)10(6-8)24-3/h5-6H,18H2,1-4H3,(H2,19,22). The second-order valence-corrected chi connectivity index (χ2v) is 6.43. The molecule has 26 heavy (non-hydrogen) atoms. The van der Waals surface area contributed by atoms with Gasteiger partial charge in [-0.2, -0.15) is 0 Å². The quantitative estimate of drug-likeness (QED) is 0.703. The summed E-state index contributed by atoms with van der Waals surface area (Å²) >= 11 is 1.14. The number of anilines is 1. The van der Waals surface area contributed by atoms with E-state index < -0.39 is 5.91 Å². The number of fused-ring (bicyclic) bond motifs is 1. The predicted octanol–water partition coefficient (Wildman–Crippen LogP) is 2.37. The van der Waals surface area contributed by atoms with Crippen LogP contribution in [0.4, 0.5) is 5.69 Å². The molecule has 8 nitrogen and oxygen atoms in total. The summed E-state index contributed by atoms with van der Waals surface area (Å²) in [6.07, 6.45) is 0. The van der Waals surface area contributed by atoms with Gasteiger partial charge in [0.2, 0.25) is 5.75 Å². The number of rotatable bonds is 5. The summed E-state index contributed by atoms with van der Waals surface area (Å²) in [5.41, 5.74) is 13.1. The van der Waals surface area contributed by atoms with Gasteiger partial charge in [0.25, 0.3) is 5.91 Å². The normalized spacial score (nSPS) is 10.8. The number of nitrogens with two attached hydrogens (primary N) is 2. The van der Waals surface area contributed by atoms with E-state index in [-0.39, 0.29) is 4.88 Å². The van der Waals surface area contributed by atoms with Gasteiger partial charge >= 0.3 is 0 Å². The summed E-state index contributed by atoms with van der Waals surface area (Å²) in [7, 11) is 4.61. The van der Waals surface area contributed by atoms with E-state index in [2.05, 4.69) is 9.97 Å². The molecule has 1 aromatic carbocycles. The minimum absolute atomic E-state index is 0.277. The average Bonchev–Trinajstić information content (AvgIpc) is 2.97. The van der Waals surface area contributed by atoms with Gasteiger partial charge in [0.1, 0.15) is 9.71 Å². The van der Waals surface area contributed by atoms with Gasteiger partial charge in [-0.15, -0.1) is 11.3 Å². The number of hydrogen-bond donors (Lipinski definition) is 2. The maximum atomic E-state index is 11.6. The first-order valence-electron chi connectivity index (χ1n) is 7.58. The number of amides is 1. The van der Waals surface area contributed by atoms with Crippen LogP contribution in [-0.4, -0.2) is 37.2 Å². The van der Waals surface area contributed by atoms with Crippen molar-refractivity contribution in [2.45, 2.75) is 6.92 Å².